The summed E-state index contributed by atoms with van der Waals surface area (Å²) in [6, 6.07) is 0.217. The van der Waals surface area contributed by atoms with Crippen LogP contribution >= 0.6 is 0 Å². The van der Waals surface area contributed by atoms with Gasteiger partial charge in [0.05, 0.1) is 19.1 Å². The third-order valence-electron chi connectivity index (χ3n) is 2.15. The number of hydrogen-bond acceptors (Lipinski definition) is 1. The minimum absolute atomic E-state index is 0.00694. The second kappa shape index (κ2) is 4.73. The van der Waals surface area contributed by atoms with Crippen LogP contribution in [0.4, 0.5) is 0 Å². The van der Waals surface area contributed by atoms with Gasteiger partial charge in [-0.3, -0.25) is 0 Å². The molecule has 11 heavy (non-hydrogen) atoms. The van der Waals surface area contributed by atoms with Crippen LogP contribution in [0.2, 0.25) is 0 Å². The van der Waals surface area contributed by atoms with Gasteiger partial charge in [-0.1, -0.05) is 13.8 Å². The molecule has 0 radical (unpaired) electrons. The molecule has 0 saturated heterocycles. The first kappa shape index (κ1) is 10.9. The van der Waals surface area contributed by atoms with Crippen LogP contribution < -0.4 is 0 Å². The molecule has 2 heteroatoms. The molecule has 0 unspecified atom stereocenters. The van der Waals surface area contributed by atoms with Crippen LogP contribution in [0.15, 0.2) is 0 Å². The molecule has 0 aliphatic carbocycles. The summed E-state index contributed by atoms with van der Waals surface area (Å²) in [6.45, 7) is 9.71. The van der Waals surface area contributed by atoms with E-state index in [2.05, 4.69) is 13.8 Å². The molecule has 0 spiro atoms. The second-order valence-electron chi connectivity index (χ2n) is 3.49. The van der Waals surface area contributed by atoms with E-state index < -0.39 is 0 Å². The van der Waals surface area contributed by atoms with Crippen molar-refractivity contribution in [3.63, 3.8) is 0 Å². The van der Waals surface area contributed by atoms with Gasteiger partial charge in [0.2, 0.25) is 0 Å². The fraction of sp³-hybridized carbons (Fsp3) is 1.00. The van der Waals surface area contributed by atoms with Crippen LogP contribution in [0, 0.1) is 5.21 Å². The van der Waals surface area contributed by atoms with Crippen molar-refractivity contribution in [2.24, 2.45) is 0 Å². The molecule has 0 aliphatic heterocycles. The predicted molar refractivity (Wildman–Crippen MR) is 49.1 cm³/mol. The van der Waals surface area contributed by atoms with Gasteiger partial charge in [0.15, 0.2) is 0 Å². The SMILES string of the molecule is CCC[N+]([O-])(CCC)C(C)C. The maximum Gasteiger partial charge on any atom is 0.0830 e. The van der Waals surface area contributed by atoms with Crippen LogP contribution in [-0.2, 0) is 0 Å². The molecule has 0 aromatic heterocycles. The van der Waals surface area contributed by atoms with Crippen molar-refractivity contribution in [2.45, 2.75) is 46.6 Å². The van der Waals surface area contributed by atoms with Gasteiger partial charge in [0.1, 0.15) is 0 Å². The van der Waals surface area contributed by atoms with Crippen molar-refractivity contribution in [3.8, 4) is 0 Å². The molecule has 0 atom stereocenters. The Kier molecular flexibility index (Phi) is 4.69. The first-order valence-electron chi connectivity index (χ1n) is 4.64. The minimum atomic E-state index is -0.00694. The van der Waals surface area contributed by atoms with Crippen LogP contribution in [0.3, 0.4) is 0 Å². The highest BCUT2D eigenvalue weighted by atomic mass is 16.5. The third kappa shape index (κ3) is 3.21. The number of rotatable bonds is 5. The zero-order valence-corrected chi connectivity index (χ0v) is 8.26. The quantitative estimate of drug-likeness (QED) is 0.446. The van der Waals surface area contributed by atoms with Gasteiger partial charge < -0.3 is 9.85 Å². The van der Waals surface area contributed by atoms with E-state index in [0.29, 0.717) is 0 Å². The molecule has 0 amide bonds. The summed E-state index contributed by atoms with van der Waals surface area (Å²) in [7, 11) is 0. The van der Waals surface area contributed by atoms with Crippen LogP contribution in [-0.4, -0.2) is 23.8 Å². The summed E-state index contributed by atoms with van der Waals surface area (Å²) in [5.74, 6) is 0. The molecule has 0 aromatic carbocycles. The molecular weight excluding hydrogens is 138 g/mol. The summed E-state index contributed by atoms with van der Waals surface area (Å²) >= 11 is 0. The summed E-state index contributed by atoms with van der Waals surface area (Å²) < 4.78 is -0.00694. The van der Waals surface area contributed by atoms with E-state index in [9.17, 15) is 5.21 Å². The first-order chi connectivity index (χ1) is 5.06. The molecule has 0 N–H and O–H groups in total. The molecule has 0 heterocycles. The Labute approximate surface area is 70.4 Å². The lowest BCUT2D eigenvalue weighted by Gasteiger charge is -2.46. The summed E-state index contributed by atoms with van der Waals surface area (Å²) in [6.07, 6.45) is 1.98. The van der Waals surface area contributed by atoms with Gasteiger partial charge in [0.25, 0.3) is 0 Å². The van der Waals surface area contributed by atoms with Crippen molar-refractivity contribution in [3.05, 3.63) is 5.21 Å². The molecule has 0 saturated carbocycles. The number of quaternary nitrogens is 1. The van der Waals surface area contributed by atoms with Crippen molar-refractivity contribution in [1.29, 1.82) is 0 Å². The monoisotopic (exact) mass is 159 g/mol. The van der Waals surface area contributed by atoms with Gasteiger partial charge in [-0.2, -0.15) is 0 Å². The maximum atomic E-state index is 11.9. The van der Waals surface area contributed by atoms with Crippen molar-refractivity contribution >= 4 is 0 Å². The number of nitrogens with zero attached hydrogens (tertiary/aromatic N) is 1. The van der Waals surface area contributed by atoms with Gasteiger partial charge in [-0.05, 0) is 26.7 Å². The molecule has 0 aromatic rings. The Morgan fingerprint density at radius 2 is 1.45 bits per heavy atom. The third-order valence-corrected chi connectivity index (χ3v) is 2.15. The lowest BCUT2D eigenvalue weighted by Crippen LogP contribution is -2.48. The molecule has 0 bridgehead atoms. The fourth-order valence-electron chi connectivity index (χ4n) is 1.39. The second-order valence-corrected chi connectivity index (χ2v) is 3.49. The van der Waals surface area contributed by atoms with E-state index in [1.807, 2.05) is 13.8 Å². The van der Waals surface area contributed by atoms with E-state index in [-0.39, 0.29) is 10.7 Å². The van der Waals surface area contributed by atoms with E-state index >= 15 is 0 Å². The highest BCUT2D eigenvalue weighted by Crippen LogP contribution is 2.13. The summed E-state index contributed by atoms with van der Waals surface area (Å²) in [5, 5.41) is 11.9. The van der Waals surface area contributed by atoms with Gasteiger partial charge in [-0.15, -0.1) is 0 Å². The maximum absolute atomic E-state index is 11.9. The molecule has 2 nitrogen and oxygen atoms in total. The van der Waals surface area contributed by atoms with Gasteiger partial charge in [-0.25, -0.2) is 0 Å². The standard InChI is InChI=1S/C9H21NO/c1-5-7-10(11,8-6-2)9(3)4/h9H,5-8H2,1-4H3. The highest BCUT2D eigenvalue weighted by Gasteiger charge is 2.18. The molecule has 0 aliphatic rings. The minimum Gasteiger partial charge on any atom is -0.633 e. The number of hydroxylamine groups is 3. The predicted octanol–water partition coefficient (Wildman–Crippen LogP) is 2.53. The Hall–Kier alpha value is -0.0800. The molecule has 68 valence electrons. The fourth-order valence-corrected chi connectivity index (χ4v) is 1.39. The Bertz CT molecular complexity index is 95.7. The molecule has 0 rings (SSSR count). The zero-order valence-electron chi connectivity index (χ0n) is 8.26. The molecular formula is C9H21NO. The normalized spacial score (nSPS) is 12.5. The Morgan fingerprint density at radius 3 is 1.64 bits per heavy atom. The van der Waals surface area contributed by atoms with Crippen LogP contribution in [0.25, 0.3) is 0 Å². The largest absolute Gasteiger partial charge is 0.633 e. The van der Waals surface area contributed by atoms with Crippen molar-refractivity contribution in [1.82, 2.24) is 0 Å². The lowest BCUT2D eigenvalue weighted by atomic mass is 10.2. The van der Waals surface area contributed by atoms with E-state index in [0.717, 1.165) is 25.9 Å². The van der Waals surface area contributed by atoms with E-state index in [1.54, 1.807) is 0 Å². The Morgan fingerprint density at radius 1 is 1.09 bits per heavy atom. The average Bonchev–Trinajstić information content (AvgIpc) is 1.88. The summed E-state index contributed by atoms with van der Waals surface area (Å²) in [4.78, 5) is 0. The molecule has 0 fully saturated rings. The first-order valence-corrected chi connectivity index (χ1v) is 4.64. The van der Waals surface area contributed by atoms with Crippen LogP contribution in [0.5, 0.6) is 0 Å². The van der Waals surface area contributed by atoms with Crippen LogP contribution in [0.1, 0.15) is 40.5 Å². The smallest absolute Gasteiger partial charge is 0.0830 e. The average molecular weight is 159 g/mol. The highest BCUT2D eigenvalue weighted by molar-refractivity contribution is 4.48. The summed E-state index contributed by atoms with van der Waals surface area (Å²) in [5.41, 5.74) is 0. The van der Waals surface area contributed by atoms with Gasteiger partial charge in [0, 0.05) is 0 Å². The van der Waals surface area contributed by atoms with Crippen molar-refractivity contribution in [2.75, 3.05) is 13.1 Å². The Balaban J connectivity index is 4.01. The number of hydrogen-bond donors (Lipinski definition) is 0. The lowest BCUT2D eigenvalue weighted by molar-refractivity contribution is -0.901. The van der Waals surface area contributed by atoms with E-state index in [1.165, 1.54) is 0 Å². The van der Waals surface area contributed by atoms with Gasteiger partial charge >= 0.3 is 0 Å². The zero-order chi connectivity index (χ0) is 8.91. The topological polar surface area (TPSA) is 23.1 Å². The van der Waals surface area contributed by atoms with Crippen molar-refractivity contribution < 1.29 is 4.65 Å². The van der Waals surface area contributed by atoms with E-state index in [4.69, 9.17) is 0 Å².